The van der Waals surface area contributed by atoms with E-state index in [2.05, 4.69) is 15.4 Å². The lowest BCUT2D eigenvalue weighted by Gasteiger charge is -2.39. The third-order valence-corrected chi connectivity index (χ3v) is 5.95. The summed E-state index contributed by atoms with van der Waals surface area (Å²) in [5.41, 5.74) is -2.09. The zero-order chi connectivity index (χ0) is 25.2. The minimum atomic E-state index is -4.94. The summed E-state index contributed by atoms with van der Waals surface area (Å²) in [6, 6.07) is 10.8. The predicted molar refractivity (Wildman–Crippen MR) is 111 cm³/mol. The Bertz CT molecular complexity index is 1070. The fourth-order valence-electron chi connectivity index (χ4n) is 4.34. The molecule has 0 aliphatic carbocycles. The van der Waals surface area contributed by atoms with Crippen molar-refractivity contribution in [2.24, 2.45) is 5.92 Å². The number of tetrazole rings is 1. The van der Waals surface area contributed by atoms with Crippen molar-refractivity contribution < 1.29 is 35.8 Å². The first-order valence-corrected chi connectivity index (χ1v) is 10.8. The van der Waals surface area contributed by atoms with Gasteiger partial charge in [0.2, 0.25) is 0 Å². The van der Waals surface area contributed by atoms with Crippen molar-refractivity contribution in [3.8, 4) is 0 Å². The van der Waals surface area contributed by atoms with Crippen LogP contribution in [0, 0.1) is 5.92 Å². The standard InChI is InChI=1S/C23H22F6N4O2/c1-14(16-7-18(22(24,25)26)9-19(8-16)23(27,28)29)35-20-12-34-11-17(10-33-31-13-30-32-33)21(20)15-5-3-2-4-6-15/h2-9,13-14,17,20-21H,10-12H2,1H3/t14-,17+,20+,21+/m1/s1. The van der Waals surface area contributed by atoms with Gasteiger partial charge in [-0.1, -0.05) is 30.3 Å². The number of hydrogen-bond donors (Lipinski definition) is 0. The van der Waals surface area contributed by atoms with E-state index in [1.165, 1.54) is 18.0 Å². The van der Waals surface area contributed by atoms with E-state index in [0.717, 1.165) is 5.56 Å². The van der Waals surface area contributed by atoms with Gasteiger partial charge in [0.15, 0.2) is 6.33 Å². The molecule has 2 aromatic carbocycles. The highest BCUT2D eigenvalue weighted by molar-refractivity contribution is 5.35. The van der Waals surface area contributed by atoms with Gasteiger partial charge < -0.3 is 9.47 Å². The summed E-state index contributed by atoms with van der Waals surface area (Å²) in [6.07, 6.45) is -10.3. The van der Waals surface area contributed by atoms with Crippen molar-refractivity contribution in [3.63, 3.8) is 0 Å². The maximum Gasteiger partial charge on any atom is 0.416 e. The summed E-state index contributed by atoms with van der Waals surface area (Å²) in [5, 5.41) is 11.6. The van der Waals surface area contributed by atoms with Crippen LogP contribution in [0.2, 0.25) is 0 Å². The molecule has 6 nitrogen and oxygen atoms in total. The Morgan fingerprint density at radius 3 is 2.23 bits per heavy atom. The number of nitrogens with zero attached hydrogens (tertiary/aromatic N) is 4. The van der Waals surface area contributed by atoms with Crippen LogP contribution < -0.4 is 0 Å². The number of benzene rings is 2. The molecule has 1 aromatic heterocycles. The Kier molecular flexibility index (Phi) is 7.13. The molecule has 1 aliphatic heterocycles. The Labute approximate surface area is 196 Å². The summed E-state index contributed by atoms with van der Waals surface area (Å²) in [6.45, 7) is 2.24. The Morgan fingerprint density at radius 2 is 1.66 bits per heavy atom. The third-order valence-electron chi connectivity index (χ3n) is 5.95. The maximum atomic E-state index is 13.3. The summed E-state index contributed by atoms with van der Waals surface area (Å²) >= 11 is 0. The molecular weight excluding hydrogens is 478 g/mol. The minimum absolute atomic E-state index is 0.105. The minimum Gasteiger partial charge on any atom is -0.378 e. The van der Waals surface area contributed by atoms with Gasteiger partial charge in [0, 0.05) is 11.8 Å². The van der Waals surface area contributed by atoms with Crippen molar-refractivity contribution in [2.45, 2.75) is 43.9 Å². The maximum absolute atomic E-state index is 13.3. The van der Waals surface area contributed by atoms with E-state index in [-0.39, 0.29) is 30.1 Å². The van der Waals surface area contributed by atoms with Crippen LogP contribution in [-0.4, -0.2) is 39.5 Å². The van der Waals surface area contributed by atoms with Gasteiger partial charge >= 0.3 is 12.4 Å². The lowest BCUT2D eigenvalue weighted by molar-refractivity contribution is -0.143. The molecule has 4 rings (SSSR count). The van der Waals surface area contributed by atoms with Crippen LogP contribution in [0.4, 0.5) is 26.3 Å². The molecule has 0 bridgehead atoms. The van der Waals surface area contributed by atoms with E-state index in [4.69, 9.17) is 9.47 Å². The van der Waals surface area contributed by atoms with Gasteiger partial charge in [-0.3, -0.25) is 0 Å². The molecule has 0 unspecified atom stereocenters. The number of hydrogen-bond acceptors (Lipinski definition) is 5. The Balaban J connectivity index is 1.64. The fourth-order valence-corrected chi connectivity index (χ4v) is 4.34. The van der Waals surface area contributed by atoms with Gasteiger partial charge in [-0.25, -0.2) is 0 Å². The molecule has 1 aliphatic rings. The smallest absolute Gasteiger partial charge is 0.378 e. The van der Waals surface area contributed by atoms with Gasteiger partial charge in [-0.2, -0.15) is 31.1 Å². The summed E-state index contributed by atoms with van der Waals surface area (Å²) in [4.78, 5) is 1.40. The molecule has 0 spiro atoms. The van der Waals surface area contributed by atoms with Crippen molar-refractivity contribution in [3.05, 3.63) is 77.1 Å². The van der Waals surface area contributed by atoms with E-state index >= 15 is 0 Å². The van der Waals surface area contributed by atoms with E-state index < -0.39 is 35.7 Å². The first kappa shape index (κ1) is 25.1. The molecule has 0 saturated carbocycles. The van der Waals surface area contributed by atoms with E-state index in [0.29, 0.717) is 25.3 Å². The average Bonchev–Trinajstić information content (AvgIpc) is 3.31. The van der Waals surface area contributed by atoms with Crippen LogP contribution in [-0.2, 0) is 28.4 Å². The van der Waals surface area contributed by atoms with Crippen LogP contribution >= 0.6 is 0 Å². The molecule has 1 saturated heterocycles. The average molecular weight is 500 g/mol. The molecule has 3 aromatic rings. The summed E-state index contributed by atoms with van der Waals surface area (Å²) in [7, 11) is 0. The van der Waals surface area contributed by atoms with Crippen LogP contribution in [0.25, 0.3) is 0 Å². The highest BCUT2D eigenvalue weighted by Gasteiger charge is 2.40. The van der Waals surface area contributed by atoms with Gasteiger partial charge in [0.25, 0.3) is 0 Å². The molecule has 12 heteroatoms. The van der Waals surface area contributed by atoms with Gasteiger partial charge in [-0.15, -0.1) is 10.2 Å². The zero-order valence-corrected chi connectivity index (χ0v) is 18.5. The van der Waals surface area contributed by atoms with Crippen LogP contribution in [0.1, 0.15) is 41.2 Å². The van der Waals surface area contributed by atoms with Gasteiger partial charge in [0.1, 0.15) is 0 Å². The highest BCUT2D eigenvalue weighted by Crippen LogP contribution is 2.40. The molecule has 35 heavy (non-hydrogen) atoms. The number of halogens is 6. The van der Waals surface area contributed by atoms with Crippen LogP contribution in [0.15, 0.2) is 54.9 Å². The number of ether oxygens (including phenoxy) is 2. The summed E-state index contributed by atoms with van der Waals surface area (Å²) < 4.78 is 91.8. The van der Waals surface area contributed by atoms with E-state index in [9.17, 15) is 26.3 Å². The van der Waals surface area contributed by atoms with Crippen LogP contribution in [0.3, 0.4) is 0 Å². The zero-order valence-electron chi connectivity index (χ0n) is 18.5. The lowest BCUT2D eigenvalue weighted by Crippen LogP contribution is -2.42. The largest absolute Gasteiger partial charge is 0.416 e. The van der Waals surface area contributed by atoms with E-state index in [1.807, 2.05) is 30.3 Å². The molecule has 2 heterocycles. The van der Waals surface area contributed by atoms with Crippen molar-refractivity contribution in [1.29, 1.82) is 0 Å². The summed E-state index contributed by atoms with van der Waals surface area (Å²) in [5.74, 6) is -0.448. The number of rotatable bonds is 6. The molecule has 0 N–H and O–H groups in total. The number of aromatic nitrogens is 4. The normalized spacial score (nSPS) is 22.2. The van der Waals surface area contributed by atoms with Crippen molar-refractivity contribution >= 4 is 0 Å². The second-order valence-corrected chi connectivity index (χ2v) is 8.38. The Morgan fingerprint density at radius 1 is 1.00 bits per heavy atom. The highest BCUT2D eigenvalue weighted by atomic mass is 19.4. The van der Waals surface area contributed by atoms with Crippen LogP contribution in [0.5, 0.6) is 0 Å². The topological polar surface area (TPSA) is 62.1 Å². The second-order valence-electron chi connectivity index (χ2n) is 8.38. The molecular formula is C23H22F6N4O2. The first-order chi connectivity index (χ1) is 16.5. The molecule has 188 valence electrons. The third kappa shape index (κ3) is 5.99. The lowest BCUT2D eigenvalue weighted by atomic mass is 9.80. The van der Waals surface area contributed by atoms with Gasteiger partial charge in [-0.05, 0) is 41.5 Å². The van der Waals surface area contributed by atoms with E-state index in [1.54, 1.807) is 0 Å². The second kappa shape index (κ2) is 9.94. The first-order valence-electron chi connectivity index (χ1n) is 10.8. The quantitative estimate of drug-likeness (QED) is 0.431. The van der Waals surface area contributed by atoms with Crippen molar-refractivity contribution in [2.75, 3.05) is 13.2 Å². The molecule has 1 fully saturated rings. The van der Waals surface area contributed by atoms with Crippen molar-refractivity contribution in [1.82, 2.24) is 20.2 Å². The molecule has 0 amide bonds. The SMILES string of the molecule is C[C@@H](O[C@H]1COC[C@H](Cn2ncnn2)[C@@H]1c1ccccc1)c1cc(C(F)(F)F)cc(C(F)(F)F)c1. The molecule has 4 atom stereocenters. The monoisotopic (exact) mass is 500 g/mol. The predicted octanol–water partition coefficient (Wildman–Crippen LogP) is 5.29. The fraction of sp³-hybridized carbons (Fsp3) is 0.435. The Hall–Kier alpha value is -2.99. The van der Waals surface area contributed by atoms with Gasteiger partial charge in [0.05, 0.1) is 43.1 Å². The number of alkyl halides is 6. The molecule has 0 radical (unpaired) electrons.